The molecule has 6 heteroatoms. The van der Waals surface area contributed by atoms with Crippen LogP contribution < -0.4 is 5.82 Å². The van der Waals surface area contributed by atoms with E-state index in [0.717, 1.165) is 42.9 Å². The summed E-state index contributed by atoms with van der Waals surface area (Å²) >= 11 is 0. The zero-order valence-electron chi connectivity index (χ0n) is 19.1. The Kier molecular flexibility index (Phi) is 5.25. The summed E-state index contributed by atoms with van der Waals surface area (Å²) in [5, 5.41) is 0. The van der Waals surface area contributed by atoms with E-state index >= 15 is 0 Å². The van der Waals surface area contributed by atoms with E-state index in [1.807, 2.05) is 0 Å². The van der Waals surface area contributed by atoms with Gasteiger partial charge in [0.05, 0.1) is 0 Å². The standard InChI is InChI=1S/C25H36O6/c1-15-21(30-23(27)29-15)14-28-22(26)31-25(3)12-9-17-16(13-25)6-7-19-18(17)8-11-24(2)10-4-5-20(19)24/h16-20H,4-14H2,1-3H3. The molecule has 4 fully saturated rings. The SMILES string of the molecule is Cc1oc(=O)oc1COC(=O)OC1(C)CCC2C(CCC3C2CCC2(C)CCCC32)C1. The molecule has 6 nitrogen and oxygen atoms in total. The largest absolute Gasteiger partial charge is 0.519 e. The summed E-state index contributed by atoms with van der Waals surface area (Å²) in [6, 6.07) is 0. The molecule has 0 saturated heterocycles. The van der Waals surface area contributed by atoms with E-state index in [9.17, 15) is 9.59 Å². The van der Waals surface area contributed by atoms with Crippen molar-refractivity contribution in [2.45, 2.75) is 97.2 Å². The van der Waals surface area contributed by atoms with Crippen LogP contribution in [0.1, 0.15) is 89.6 Å². The maximum absolute atomic E-state index is 12.4. The van der Waals surface area contributed by atoms with Crippen molar-refractivity contribution in [2.75, 3.05) is 0 Å². The summed E-state index contributed by atoms with van der Waals surface area (Å²) in [6.45, 7) is 6.06. The lowest BCUT2D eigenvalue weighted by Gasteiger charge is -2.56. The number of fused-ring (bicyclic) bond motifs is 5. The Bertz CT molecular complexity index is 885. The minimum atomic E-state index is -0.786. The minimum absolute atomic E-state index is 0.150. The second kappa shape index (κ2) is 7.70. The van der Waals surface area contributed by atoms with Crippen molar-refractivity contribution in [2.24, 2.45) is 35.0 Å². The molecule has 4 aliphatic rings. The van der Waals surface area contributed by atoms with Crippen LogP contribution in [0.4, 0.5) is 4.79 Å². The molecule has 4 aliphatic carbocycles. The molecule has 0 aromatic carbocycles. The lowest BCUT2D eigenvalue weighted by molar-refractivity contribution is -0.109. The molecule has 0 spiro atoms. The normalized spacial score (nSPS) is 41.7. The van der Waals surface area contributed by atoms with Crippen LogP contribution in [0.3, 0.4) is 0 Å². The number of ether oxygens (including phenoxy) is 2. The fraction of sp³-hybridized carbons (Fsp3) is 0.840. The molecule has 5 rings (SSSR count). The molecule has 0 radical (unpaired) electrons. The molecular formula is C25H36O6. The summed E-state index contributed by atoms with van der Waals surface area (Å²) < 4.78 is 20.7. The van der Waals surface area contributed by atoms with E-state index in [1.165, 1.54) is 44.9 Å². The van der Waals surface area contributed by atoms with E-state index in [-0.39, 0.29) is 12.4 Å². The molecule has 7 unspecified atom stereocenters. The Hall–Kier alpha value is -1.72. The van der Waals surface area contributed by atoms with Gasteiger partial charge in [-0.05, 0) is 107 Å². The molecule has 0 amide bonds. The number of rotatable bonds is 3. The van der Waals surface area contributed by atoms with Gasteiger partial charge in [-0.2, -0.15) is 0 Å². The number of hydrogen-bond donors (Lipinski definition) is 0. The number of hydrogen-bond acceptors (Lipinski definition) is 6. The van der Waals surface area contributed by atoms with Crippen LogP contribution in [-0.4, -0.2) is 11.8 Å². The first kappa shape index (κ1) is 21.1. The molecule has 1 aromatic heterocycles. The molecule has 1 aromatic rings. The molecule has 31 heavy (non-hydrogen) atoms. The second-order valence-corrected chi connectivity index (χ2v) is 11.3. The van der Waals surface area contributed by atoms with Crippen molar-refractivity contribution < 1.29 is 23.1 Å². The smallest absolute Gasteiger partial charge is 0.428 e. The van der Waals surface area contributed by atoms with Crippen molar-refractivity contribution in [3.05, 3.63) is 22.1 Å². The lowest BCUT2D eigenvalue weighted by Crippen LogP contribution is -2.50. The predicted octanol–water partition coefficient (Wildman–Crippen LogP) is 6.00. The number of carbonyl (C=O) groups excluding carboxylic acids is 1. The lowest BCUT2D eigenvalue weighted by atomic mass is 9.50. The molecule has 7 atom stereocenters. The van der Waals surface area contributed by atoms with Crippen LogP contribution in [0.2, 0.25) is 0 Å². The van der Waals surface area contributed by atoms with Gasteiger partial charge in [-0.15, -0.1) is 0 Å². The first-order valence-electron chi connectivity index (χ1n) is 12.2. The molecule has 1 heterocycles. The molecule has 4 saturated carbocycles. The number of carbonyl (C=O) groups is 1. The second-order valence-electron chi connectivity index (χ2n) is 11.3. The van der Waals surface area contributed by atoms with Crippen molar-refractivity contribution in [3.63, 3.8) is 0 Å². The molecule has 0 bridgehead atoms. The maximum Gasteiger partial charge on any atom is 0.519 e. The van der Waals surface area contributed by atoms with Crippen LogP contribution in [-0.2, 0) is 16.1 Å². The summed E-state index contributed by atoms with van der Waals surface area (Å²) in [5.74, 6) is 3.94. The van der Waals surface area contributed by atoms with E-state index in [0.29, 0.717) is 17.1 Å². The third-order valence-electron chi connectivity index (χ3n) is 9.49. The Morgan fingerprint density at radius 2 is 1.81 bits per heavy atom. The molecular weight excluding hydrogens is 396 g/mol. The Morgan fingerprint density at radius 1 is 1.00 bits per heavy atom. The fourth-order valence-corrected chi connectivity index (χ4v) is 8.01. The van der Waals surface area contributed by atoms with E-state index in [4.69, 9.17) is 18.3 Å². The number of aryl methyl sites for hydroxylation is 1. The third kappa shape index (κ3) is 3.84. The summed E-state index contributed by atoms with van der Waals surface area (Å²) in [4.78, 5) is 23.5. The van der Waals surface area contributed by atoms with Crippen LogP contribution >= 0.6 is 0 Å². The highest BCUT2D eigenvalue weighted by Crippen LogP contribution is 2.63. The van der Waals surface area contributed by atoms with Crippen molar-refractivity contribution in [1.29, 1.82) is 0 Å². The predicted molar refractivity (Wildman–Crippen MR) is 113 cm³/mol. The monoisotopic (exact) mass is 432 g/mol. The van der Waals surface area contributed by atoms with Crippen molar-refractivity contribution in [3.8, 4) is 0 Å². The average Bonchev–Trinajstić information content (AvgIpc) is 3.26. The van der Waals surface area contributed by atoms with Crippen molar-refractivity contribution in [1.82, 2.24) is 0 Å². The van der Waals surface area contributed by atoms with E-state index in [2.05, 4.69) is 13.8 Å². The highest BCUT2D eigenvalue weighted by Gasteiger charge is 2.55. The van der Waals surface area contributed by atoms with Crippen LogP contribution in [0.25, 0.3) is 0 Å². The van der Waals surface area contributed by atoms with Crippen molar-refractivity contribution >= 4 is 6.16 Å². The van der Waals surface area contributed by atoms with Gasteiger partial charge in [0.2, 0.25) is 0 Å². The Balaban J connectivity index is 1.18. The van der Waals surface area contributed by atoms with Gasteiger partial charge in [-0.25, -0.2) is 9.59 Å². The van der Waals surface area contributed by atoms with Gasteiger partial charge >= 0.3 is 12.0 Å². The van der Waals surface area contributed by atoms with Gasteiger partial charge < -0.3 is 18.3 Å². The van der Waals surface area contributed by atoms with Gasteiger partial charge in [0.15, 0.2) is 18.1 Å². The first-order chi connectivity index (χ1) is 14.8. The van der Waals surface area contributed by atoms with E-state index in [1.54, 1.807) is 6.92 Å². The Labute approximate surface area is 184 Å². The van der Waals surface area contributed by atoms with Crippen LogP contribution in [0.5, 0.6) is 0 Å². The molecule has 0 aliphatic heterocycles. The zero-order chi connectivity index (χ0) is 21.8. The van der Waals surface area contributed by atoms with Gasteiger partial charge in [0.1, 0.15) is 5.60 Å². The van der Waals surface area contributed by atoms with Crippen LogP contribution in [0.15, 0.2) is 13.6 Å². The van der Waals surface area contributed by atoms with Gasteiger partial charge in [-0.1, -0.05) is 13.3 Å². The highest BCUT2D eigenvalue weighted by atomic mass is 16.7. The fourth-order valence-electron chi connectivity index (χ4n) is 8.01. The summed E-state index contributed by atoms with van der Waals surface area (Å²) in [6.07, 6.45) is 12.0. The Morgan fingerprint density at radius 3 is 2.58 bits per heavy atom. The first-order valence-corrected chi connectivity index (χ1v) is 12.2. The van der Waals surface area contributed by atoms with Gasteiger partial charge in [-0.3, -0.25) is 0 Å². The van der Waals surface area contributed by atoms with Crippen LogP contribution in [0, 0.1) is 41.9 Å². The quantitative estimate of drug-likeness (QED) is 0.545. The highest BCUT2D eigenvalue weighted by molar-refractivity contribution is 5.60. The van der Waals surface area contributed by atoms with E-state index < -0.39 is 17.6 Å². The summed E-state index contributed by atoms with van der Waals surface area (Å²) in [5.41, 5.74) is 0.129. The minimum Gasteiger partial charge on any atom is -0.428 e. The van der Waals surface area contributed by atoms with Gasteiger partial charge in [0.25, 0.3) is 0 Å². The zero-order valence-corrected chi connectivity index (χ0v) is 19.1. The average molecular weight is 433 g/mol. The topological polar surface area (TPSA) is 78.9 Å². The molecule has 172 valence electrons. The maximum atomic E-state index is 12.4. The summed E-state index contributed by atoms with van der Waals surface area (Å²) in [7, 11) is 0. The van der Waals surface area contributed by atoms with Gasteiger partial charge in [0, 0.05) is 0 Å². The molecule has 0 N–H and O–H groups in total. The third-order valence-corrected chi connectivity index (χ3v) is 9.49.